The summed E-state index contributed by atoms with van der Waals surface area (Å²) in [6.45, 7) is 3.22. The number of rotatable bonds is 11. The van der Waals surface area contributed by atoms with Crippen LogP contribution in [0.5, 0.6) is 0 Å². The SMILES string of the molecule is CCCCCC(NC(=O)[C@@H]1CCCN(C(=O)CCc2ccccc2)C1)C(=O)c1nc2ccccc2s1. The van der Waals surface area contributed by atoms with Crippen LogP contribution < -0.4 is 5.32 Å². The standard InChI is InChI=1S/C29H35N3O3S/c1-2-3-5-15-24(27(34)29-31-23-14-8-9-16-25(23)36-29)30-28(35)22-13-10-19-32(20-22)26(33)18-17-21-11-6-4-7-12-21/h4,6-9,11-12,14,16,22,24H,2-3,5,10,13,15,17-20H2,1H3,(H,30,35)/t22-,24?/m1/s1. The number of likely N-dealkylation sites (tertiary alicyclic amines) is 1. The highest BCUT2D eigenvalue weighted by atomic mass is 32.1. The van der Waals surface area contributed by atoms with Gasteiger partial charge < -0.3 is 10.2 Å². The van der Waals surface area contributed by atoms with Gasteiger partial charge in [0.05, 0.1) is 22.2 Å². The van der Waals surface area contributed by atoms with E-state index in [0.717, 1.165) is 47.9 Å². The molecule has 1 aliphatic heterocycles. The molecule has 4 rings (SSSR count). The maximum atomic E-state index is 13.4. The van der Waals surface area contributed by atoms with Crippen LogP contribution in [-0.2, 0) is 16.0 Å². The minimum atomic E-state index is -0.589. The molecule has 2 aromatic carbocycles. The van der Waals surface area contributed by atoms with Crippen molar-refractivity contribution in [3.05, 3.63) is 65.2 Å². The molecule has 0 saturated carbocycles. The highest BCUT2D eigenvalue weighted by Gasteiger charge is 2.31. The summed E-state index contributed by atoms with van der Waals surface area (Å²) in [6, 6.07) is 17.1. The number of thiazole rings is 1. The molecule has 1 saturated heterocycles. The van der Waals surface area contributed by atoms with Gasteiger partial charge in [-0.05, 0) is 43.4 Å². The summed E-state index contributed by atoms with van der Waals surface area (Å²) >= 11 is 1.38. The summed E-state index contributed by atoms with van der Waals surface area (Å²) in [5.74, 6) is -0.462. The highest BCUT2D eigenvalue weighted by molar-refractivity contribution is 7.20. The van der Waals surface area contributed by atoms with Crippen LogP contribution in [0.2, 0.25) is 0 Å². The Morgan fingerprint density at radius 2 is 1.86 bits per heavy atom. The number of amides is 2. The molecule has 3 aromatic rings. The Bertz CT molecular complexity index is 1140. The number of benzene rings is 2. The van der Waals surface area contributed by atoms with Crippen molar-refractivity contribution < 1.29 is 14.4 Å². The Kier molecular flexibility index (Phi) is 9.23. The van der Waals surface area contributed by atoms with E-state index in [0.29, 0.717) is 37.4 Å². The van der Waals surface area contributed by atoms with Gasteiger partial charge in [-0.3, -0.25) is 14.4 Å². The molecule has 1 N–H and O–H groups in total. The number of hydrogen-bond acceptors (Lipinski definition) is 5. The molecule has 7 heteroatoms. The monoisotopic (exact) mass is 505 g/mol. The molecule has 0 radical (unpaired) electrons. The number of unbranched alkanes of at least 4 members (excludes halogenated alkanes) is 2. The molecule has 1 fully saturated rings. The number of carbonyl (C=O) groups is 3. The molecule has 0 bridgehead atoms. The van der Waals surface area contributed by atoms with Gasteiger partial charge in [0, 0.05) is 19.5 Å². The maximum absolute atomic E-state index is 13.4. The summed E-state index contributed by atoms with van der Waals surface area (Å²) in [4.78, 5) is 45.9. The Labute approximate surface area is 217 Å². The van der Waals surface area contributed by atoms with Crippen molar-refractivity contribution >= 4 is 39.2 Å². The van der Waals surface area contributed by atoms with E-state index in [1.165, 1.54) is 11.3 Å². The second kappa shape index (κ2) is 12.8. The third-order valence-corrected chi connectivity index (χ3v) is 7.90. The number of ketones is 1. The molecular weight excluding hydrogens is 470 g/mol. The predicted octanol–water partition coefficient (Wildman–Crippen LogP) is 5.42. The minimum absolute atomic E-state index is 0.0846. The Morgan fingerprint density at radius 1 is 1.08 bits per heavy atom. The average molecular weight is 506 g/mol. The third-order valence-electron chi connectivity index (χ3n) is 6.85. The van der Waals surface area contributed by atoms with Gasteiger partial charge in [0.25, 0.3) is 0 Å². The van der Waals surface area contributed by atoms with Gasteiger partial charge >= 0.3 is 0 Å². The Hall–Kier alpha value is -3.06. The molecule has 1 unspecified atom stereocenters. The van der Waals surface area contributed by atoms with Crippen LogP contribution in [0.15, 0.2) is 54.6 Å². The lowest BCUT2D eigenvalue weighted by molar-refractivity contribution is -0.135. The van der Waals surface area contributed by atoms with Gasteiger partial charge in [-0.25, -0.2) is 4.98 Å². The smallest absolute Gasteiger partial charge is 0.225 e. The highest BCUT2D eigenvalue weighted by Crippen LogP contribution is 2.24. The molecule has 0 spiro atoms. The summed E-state index contributed by atoms with van der Waals surface area (Å²) in [5.41, 5.74) is 1.95. The molecule has 2 amide bonds. The quantitative estimate of drug-likeness (QED) is 0.279. The number of nitrogens with zero attached hydrogens (tertiary/aromatic N) is 2. The molecule has 1 aliphatic rings. The van der Waals surface area contributed by atoms with Crippen molar-refractivity contribution in [2.75, 3.05) is 13.1 Å². The number of fused-ring (bicyclic) bond motifs is 1. The number of Topliss-reactive ketones (excluding diaryl/α,β-unsaturated/α-hetero) is 1. The first kappa shape index (κ1) is 26.0. The predicted molar refractivity (Wildman–Crippen MR) is 144 cm³/mol. The number of aromatic nitrogens is 1. The Balaban J connectivity index is 1.38. The fraction of sp³-hybridized carbons (Fsp3) is 0.448. The fourth-order valence-corrected chi connectivity index (χ4v) is 5.72. The molecule has 2 atom stereocenters. The van der Waals surface area contributed by atoms with E-state index in [9.17, 15) is 14.4 Å². The van der Waals surface area contributed by atoms with E-state index in [-0.39, 0.29) is 23.5 Å². The van der Waals surface area contributed by atoms with Crippen molar-refractivity contribution in [2.45, 2.75) is 64.3 Å². The molecule has 1 aromatic heterocycles. The number of nitrogens with one attached hydrogen (secondary N) is 1. The largest absolute Gasteiger partial charge is 0.346 e. The normalized spacial score (nSPS) is 16.6. The zero-order valence-electron chi connectivity index (χ0n) is 20.9. The second-order valence-electron chi connectivity index (χ2n) is 9.57. The van der Waals surface area contributed by atoms with Crippen molar-refractivity contribution in [1.29, 1.82) is 0 Å². The van der Waals surface area contributed by atoms with Gasteiger partial charge in [-0.1, -0.05) is 68.7 Å². The minimum Gasteiger partial charge on any atom is -0.346 e. The summed E-state index contributed by atoms with van der Waals surface area (Å²) in [7, 11) is 0. The van der Waals surface area contributed by atoms with Crippen LogP contribution in [0.1, 0.15) is 67.2 Å². The number of aryl methyl sites for hydroxylation is 1. The third kappa shape index (κ3) is 6.78. The molecule has 2 heterocycles. The van der Waals surface area contributed by atoms with Crippen LogP contribution in [-0.4, -0.2) is 46.6 Å². The maximum Gasteiger partial charge on any atom is 0.225 e. The van der Waals surface area contributed by atoms with Crippen LogP contribution in [0.3, 0.4) is 0 Å². The lowest BCUT2D eigenvalue weighted by Crippen LogP contribution is -2.49. The van der Waals surface area contributed by atoms with Crippen molar-refractivity contribution in [2.24, 2.45) is 5.92 Å². The number of carbonyl (C=O) groups excluding carboxylic acids is 3. The van der Waals surface area contributed by atoms with Gasteiger partial charge in [0.1, 0.15) is 0 Å². The first-order chi connectivity index (χ1) is 17.5. The van der Waals surface area contributed by atoms with E-state index in [4.69, 9.17) is 0 Å². The first-order valence-electron chi connectivity index (χ1n) is 13.1. The van der Waals surface area contributed by atoms with Gasteiger partial charge in [-0.15, -0.1) is 11.3 Å². The molecule has 0 aliphatic carbocycles. The molecular formula is C29H35N3O3S. The van der Waals surface area contributed by atoms with Gasteiger partial charge in [-0.2, -0.15) is 0 Å². The van der Waals surface area contributed by atoms with Gasteiger partial charge in [0.2, 0.25) is 17.6 Å². The van der Waals surface area contributed by atoms with E-state index >= 15 is 0 Å². The van der Waals surface area contributed by atoms with Gasteiger partial charge in [0.15, 0.2) is 5.01 Å². The zero-order valence-corrected chi connectivity index (χ0v) is 21.8. The van der Waals surface area contributed by atoms with Crippen LogP contribution >= 0.6 is 11.3 Å². The average Bonchev–Trinajstić information content (AvgIpc) is 3.36. The zero-order chi connectivity index (χ0) is 25.3. The van der Waals surface area contributed by atoms with Crippen molar-refractivity contribution in [1.82, 2.24) is 15.2 Å². The summed E-state index contributed by atoms with van der Waals surface area (Å²) < 4.78 is 0.969. The van der Waals surface area contributed by atoms with E-state index in [1.807, 2.05) is 59.5 Å². The van der Waals surface area contributed by atoms with Crippen molar-refractivity contribution in [3.63, 3.8) is 0 Å². The lowest BCUT2D eigenvalue weighted by Gasteiger charge is -2.33. The fourth-order valence-electron chi connectivity index (χ4n) is 4.76. The van der Waals surface area contributed by atoms with Crippen LogP contribution in [0.25, 0.3) is 10.2 Å². The molecule has 36 heavy (non-hydrogen) atoms. The topological polar surface area (TPSA) is 79.4 Å². The summed E-state index contributed by atoms with van der Waals surface area (Å²) in [5, 5.41) is 3.49. The second-order valence-corrected chi connectivity index (χ2v) is 10.6. The van der Waals surface area contributed by atoms with Crippen LogP contribution in [0.4, 0.5) is 0 Å². The van der Waals surface area contributed by atoms with E-state index in [2.05, 4.69) is 17.2 Å². The number of piperidine rings is 1. The van der Waals surface area contributed by atoms with E-state index in [1.54, 1.807) is 0 Å². The Morgan fingerprint density at radius 3 is 2.64 bits per heavy atom. The first-order valence-corrected chi connectivity index (χ1v) is 13.9. The van der Waals surface area contributed by atoms with E-state index < -0.39 is 6.04 Å². The lowest BCUT2D eigenvalue weighted by atomic mass is 9.95. The number of para-hydroxylation sites is 1. The molecule has 6 nitrogen and oxygen atoms in total. The molecule has 190 valence electrons. The van der Waals surface area contributed by atoms with Crippen LogP contribution in [0, 0.1) is 5.92 Å². The summed E-state index contributed by atoms with van der Waals surface area (Å²) in [6.07, 6.45) is 6.17. The number of hydrogen-bond donors (Lipinski definition) is 1. The van der Waals surface area contributed by atoms with Crippen molar-refractivity contribution in [3.8, 4) is 0 Å².